The van der Waals surface area contributed by atoms with Gasteiger partial charge in [-0.15, -0.1) is 0 Å². The van der Waals surface area contributed by atoms with Gasteiger partial charge in [-0.2, -0.15) is 0 Å². The van der Waals surface area contributed by atoms with Gasteiger partial charge >= 0.3 is 0 Å². The highest BCUT2D eigenvalue weighted by Crippen LogP contribution is 2.20. The number of benzene rings is 1. The van der Waals surface area contributed by atoms with Crippen LogP contribution in [-0.2, 0) is 11.2 Å². The summed E-state index contributed by atoms with van der Waals surface area (Å²) in [6.07, 6.45) is 3.09. The number of rotatable bonds is 5. The number of hydrogen-bond acceptors (Lipinski definition) is 2. The number of carbonyl (C=O) groups excluding carboxylic acids is 1. The van der Waals surface area contributed by atoms with E-state index in [9.17, 15) is 9.18 Å². The van der Waals surface area contributed by atoms with Gasteiger partial charge in [0.2, 0.25) is 5.91 Å². The number of aromatic nitrogens is 1. The number of anilines is 1. The fraction of sp³-hybridized carbons (Fsp3) is 0.250. The molecule has 1 amide bonds. The maximum atomic E-state index is 12.9. The quantitative estimate of drug-likeness (QED) is 0.875. The Kier molecular flexibility index (Phi) is 5.44. The maximum absolute atomic E-state index is 12.9. The van der Waals surface area contributed by atoms with E-state index in [1.165, 1.54) is 17.2 Å². The standard InChI is InChI=1S/C16H16BrFN2O/c1-11-5-7-12(8-6-11)3-2-4-15(21)20-16-14(17)9-13(18)10-19-16/h5-10H,2-4H2,1H3,(H,19,20,21). The van der Waals surface area contributed by atoms with E-state index in [0.717, 1.165) is 19.0 Å². The van der Waals surface area contributed by atoms with Gasteiger partial charge in [-0.1, -0.05) is 29.8 Å². The summed E-state index contributed by atoms with van der Waals surface area (Å²) in [5.41, 5.74) is 2.44. The Morgan fingerprint density at radius 3 is 2.71 bits per heavy atom. The smallest absolute Gasteiger partial charge is 0.225 e. The summed E-state index contributed by atoms with van der Waals surface area (Å²) in [6, 6.07) is 9.55. The van der Waals surface area contributed by atoms with Crippen LogP contribution in [0.2, 0.25) is 0 Å². The van der Waals surface area contributed by atoms with Crippen LogP contribution in [0.4, 0.5) is 10.2 Å². The zero-order valence-corrected chi connectivity index (χ0v) is 13.3. The number of aryl methyl sites for hydroxylation is 2. The van der Waals surface area contributed by atoms with Gasteiger partial charge in [0.15, 0.2) is 0 Å². The summed E-state index contributed by atoms with van der Waals surface area (Å²) >= 11 is 3.17. The predicted octanol–water partition coefficient (Wildman–Crippen LogP) is 4.25. The molecule has 0 radical (unpaired) electrons. The molecule has 0 aliphatic carbocycles. The van der Waals surface area contributed by atoms with Crippen molar-refractivity contribution in [1.29, 1.82) is 0 Å². The summed E-state index contributed by atoms with van der Waals surface area (Å²) in [5.74, 6) is -0.224. The van der Waals surface area contributed by atoms with Crippen LogP contribution < -0.4 is 5.32 Å². The molecule has 0 saturated carbocycles. The molecule has 0 saturated heterocycles. The molecule has 0 aliphatic heterocycles. The third kappa shape index (κ3) is 4.93. The average molecular weight is 351 g/mol. The molecule has 5 heteroatoms. The van der Waals surface area contributed by atoms with Gasteiger partial charge in [0.05, 0.1) is 10.7 Å². The summed E-state index contributed by atoms with van der Waals surface area (Å²) in [6.45, 7) is 2.05. The third-order valence-corrected chi connectivity index (χ3v) is 3.66. The van der Waals surface area contributed by atoms with Crippen molar-refractivity contribution in [3.05, 3.63) is 57.9 Å². The fourth-order valence-electron chi connectivity index (χ4n) is 1.91. The lowest BCUT2D eigenvalue weighted by atomic mass is 10.1. The van der Waals surface area contributed by atoms with Crippen molar-refractivity contribution in [1.82, 2.24) is 4.98 Å². The Balaban J connectivity index is 1.81. The first-order valence-corrected chi connectivity index (χ1v) is 7.50. The topological polar surface area (TPSA) is 42.0 Å². The second-order valence-electron chi connectivity index (χ2n) is 4.87. The van der Waals surface area contributed by atoms with E-state index < -0.39 is 5.82 Å². The van der Waals surface area contributed by atoms with Gasteiger partial charge in [0.1, 0.15) is 11.6 Å². The van der Waals surface area contributed by atoms with E-state index in [2.05, 4.69) is 50.5 Å². The molecule has 1 aromatic carbocycles. The zero-order chi connectivity index (χ0) is 15.2. The highest BCUT2D eigenvalue weighted by atomic mass is 79.9. The van der Waals surface area contributed by atoms with Crippen molar-refractivity contribution in [2.45, 2.75) is 26.2 Å². The first kappa shape index (κ1) is 15.6. The molecule has 0 unspecified atom stereocenters. The van der Waals surface area contributed by atoms with Crippen molar-refractivity contribution in [3.63, 3.8) is 0 Å². The molecule has 2 aromatic rings. The second kappa shape index (κ2) is 7.31. The zero-order valence-electron chi connectivity index (χ0n) is 11.7. The van der Waals surface area contributed by atoms with Crippen molar-refractivity contribution in [3.8, 4) is 0 Å². The van der Waals surface area contributed by atoms with Crippen molar-refractivity contribution < 1.29 is 9.18 Å². The first-order chi connectivity index (χ1) is 10.0. The van der Waals surface area contributed by atoms with Crippen LogP contribution in [0.15, 0.2) is 41.0 Å². The van der Waals surface area contributed by atoms with E-state index in [4.69, 9.17) is 0 Å². The molecule has 0 bridgehead atoms. The van der Waals surface area contributed by atoms with Crippen molar-refractivity contribution in [2.24, 2.45) is 0 Å². The Morgan fingerprint density at radius 1 is 1.33 bits per heavy atom. The number of amides is 1. The van der Waals surface area contributed by atoms with Crippen LogP contribution in [0.3, 0.4) is 0 Å². The number of halogens is 2. The van der Waals surface area contributed by atoms with Gasteiger partial charge in [0.25, 0.3) is 0 Å². The van der Waals surface area contributed by atoms with E-state index in [1.807, 2.05) is 6.92 Å². The van der Waals surface area contributed by atoms with Crippen LogP contribution in [-0.4, -0.2) is 10.9 Å². The van der Waals surface area contributed by atoms with Crippen LogP contribution in [0, 0.1) is 12.7 Å². The van der Waals surface area contributed by atoms with Crippen LogP contribution in [0.1, 0.15) is 24.0 Å². The largest absolute Gasteiger partial charge is 0.310 e. The highest BCUT2D eigenvalue weighted by Gasteiger charge is 2.07. The van der Waals surface area contributed by atoms with Gasteiger partial charge in [0, 0.05) is 6.42 Å². The summed E-state index contributed by atoms with van der Waals surface area (Å²) < 4.78 is 13.3. The lowest BCUT2D eigenvalue weighted by molar-refractivity contribution is -0.116. The molecule has 3 nitrogen and oxygen atoms in total. The number of carbonyl (C=O) groups is 1. The number of nitrogens with one attached hydrogen (secondary N) is 1. The molecule has 1 heterocycles. The van der Waals surface area contributed by atoms with Gasteiger partial charge < -0.3 is 5.32 Å². The van der Waals surface area contributed by atoms with E-state index in [1.54, 1.807) is 0 Å². The predicted molar refractivity (Wildman–Crippen MR) is 84.6 cm³/mol. The fourth-order valence-corrected chi connectivity index (χ4v) is 2.33. The molecular weight excluding hydrogens is 335 g/mol. The summed E-state index contributed by atoms with van der Waals surface area (Å²) in [7, 11) is 0. The SMILES string of the molecule is Cc1ccc(CCCC(=O)Nc2ncc(F)cc2Br)cc1. The molecule has 2 rings (SSSR count). The maximum Gasteiger partial charge on any atom is 0.225 e. The minimum absolute atomic E-state index is 0.123. The van der Waals surface area contributed by atoms with Crippen molar-refractivity contribution in [2.75, 3.05) is 5.32 Å². The third-order valence-electron chi connectivity index (χ3n) is 3.06. The minimum Gasteiger partial charge on any atom is -0.310 e. The second-order valence-corrected chi connectivity index (χ2v) is 5.73. The first-order valence-electron chi connectivity index (χ1n) is 6.71. The number of nitrogens with zero attached hydrogens (tertiary/aromatic N) is 1. The van der Waals surface area contributed by atoms with Crippen molar-refractivity contribution >= 4 is 27.7 Å². The minimum atomic E-state index is -0.445. The molecule has 0 atom stereocenters. The molecule has 21 heavy (non-hydrogen) atoms. The van der Waals surface area contributed by atoms with Crippen LogP contribution in [0.5, 0.6) is 0 Å². The van der Waals surface area contributed by atoms with Crippen LogP contribution >= 0.6 is 15.9 Å². The Hall–Kier alpha value is -1.75. The molecule has 1 aromatic heterocycles. The molecule has 0 spiro atoms. The molecule has 0 fully saturated rings. The molecule has 1 N–H and O–H groups in total. The Labute approximate surface area is 131 Å². The average Bonchev–Trinajstić information content (AvgIpc) is 2.44. The van der Waals surface area contributed by atoms with Gasteiger partial charge in [-0.3, -0.25) is 4.79 Å². The van der Waals surface area contributed by atoms with Gasteiger partial charge in [-0.25, -0.2) is 9.37 Å². The van der Waals surface area contributed by atoms with E-state index in [-0.39, 0.29) is 5.91 Å². The number of hydrogen-bond donors (Lipinski definition) is 1. The molecular formula is C16H16BrFN2O. The van der Waals surface area contributed by atoms with Gasteiger partial charge in [-0.05, 0) is 47.3 Å². The lowest BCUT2D eigenvalue weighted by Gasteiger charge is -2.06. The monoisotopic (exact) mass is 350 g/mol. The van der Waals surface area contributed by atoms with E-state index in [0.29, 0.717) is 16.7 Å². The number of pyridine rings is 1. The molecule has 110 valence electrons. The lowest BCUT2D eigenvalue weighted by Crippen LogP contribution is -2.13. The Morgan fingerprint density at radius 2 is 2.05 bits per heavy atom. The van der Waals surface area contributed by atoms with Crippen LogP contribution in [0.25, 0.3) is 0 Å². The summed E-state index contributed by atoms with van der Waals surface area (Å²) in [4.78, 5) is 15.7. The highest BCUT2D eigenvalue weighted by molar-refractivity contribution is 9.10. The summed E-state index contributed by atoms with van der Waals surface area (Å²) in [5, 5.41) is 2.67. The Bertz CT molecular complexity index is 629. The normalized spacial score (nSPS) is 10.4. The van der Waals surface area contributed by atoms with E-state index >= 15 is 0 Å². The molecule has 0 aliphatic rings.